The first-order valence-electron chi connectivity index (χ1n) is 10.3. The van der Waals surface area contributed by atoms with Gasteiger partial charge in [-0.3, -0.25) is 9.78 Å². The van der Waals surface area contributed by atoms with Crippen LogP contribution in [0.2, 0.25) is 5.02 Å². The number of carbonyl (C=O) groups is 1. The van der Waals surface area contributed by atoms with Crippen LogP contribution in [-0.4, -0.2) is 31.1 Å². The number of benzene rings is 1. The van der Waals surface area contributed by atoms with Crippen LogP contribution in [0, 0.1) is 18.7 Å². The molecule has 1 saturated carbocycles. The fraction of sp³-hybridized carbons (Fsp3) is 0.217. The molecular weight excluding hydrogens is 447 g/mol. The van der Waals surface area contributed by atoms with Gasteiger partial charge < -0.3 is 10.1 Å². The number of amides is 1. The summed E-state index contributed by atoms with van der Waals surface area (Å²) < 4.78 is 20.1. The van der Waals surface area contributed by atoms with E-state index in [1.54, 1.807) is 24.4 Å². The zero-order valence-corrected chi connectivity index (χ0v) is 18.3. The minimum absolute atomic E-state index is 0.00286. The number of pyridine rings is 1. The third kappa shape index (κ3) is 4.73. The Morgan fingerprint density at radius 3 is 2.97 bits per heavy atom. The van der Waals surface area contributed by atoms with Gasteiger partial charge in [0.15, 0.2) is 5.82 Å². The van der Waals surface area contributed by atoms with E-state index in [4.69, 9.17) is 16.3 Å². The topological polar surface area (TPSA) is 103 Å². The number of hydrogen-bond acceptors (Lipinski definition) is 7. The highest BCUT2D eigenvalue weighted by Gasteiger charge is 2.46. The first-order valence-corrected chi connectivity index (χ1v) is 10.6. The minimum atomic E-state index is -0.458. The quantitative estimate of drug-likeness (QED) is 0.455. The van der Waals surface area contributed by atoms with Crippen LogP contribution in [0.25, 0.3) is 10.9 Å². The van der Waals surface area contributed by atoms with Gasteiger partial charge in [0.2, 0.25) is 5.91 Å². The number of carbonyl (C=O) groups excluding carboxylic acids is 1. The number of aryl methyl sites for hydroxylation is 1. The molecule has 3 heterocycles. The van der Waals surface area contributed by atoms with Crippen LogP contribution >= 0.6 is 11.6 Å². The molecule has 166 valence electrons. The Labute approximate surface area is 193 Å². The smallest absolute Gasteiger partial charge is 0.229 e. The van der Waals surface area contributed by atoms with E-state index in [1.807, 2.05) is 13.0 Å². The van der Waals surface area contributed by atoms with Gasteiger partial charge in [-0.05, 0) is 43.2 Å². The first-order chi connectivity index (χ1) is 16.0. The number of rotatable bonds is 6. The van der Waals surface area contributed by atoms with Crippen LogP contribution < -0.4 is 10.1 Å². The number of fused-ring (bicyclic) bond motifs is 1. The summed E-state index contributed by atoms with van der Waals surface area (Å²) in [7, 11) is 0. The molecule has 8 nitrogen and oxygen atoms in total. The zero-order valence-electron chi connectivity index (χ0n) is 17.5. The molecule has 0 radical (unpaired) electrons. The Morgan fingerprint density at radius 1 is 1.24 bits per heavy atom. The fourth-order valence-electron chi connectivity index (χ4n) is 3.61. The highest BCUT2D eigenvalue weighted by Crippen LogP contribution is 2.46. The van der Waals surface area contributed by atoms with Gasteiger partial charge in [0.05, 0.1) is 11.2 Å². The van der Waals surface area contributed by atoms with Gasteiger partial charge in [0, 0.05) is 41.4 Å². The van der Waals surface area contributed by atoms with E-state index in [0.717, 1.165) is 5.69 Å². The standard InChI is InChI=1S/C23H18ClFN6O2/c1-12-2-3-26-22(29-12)17-8-18(17)23(32)30-20-7-16(10-28-31-20)33-11-13-4-14-6-15(24)9-27-21(14)19(25)5-13/h2-7,9-10,17-18H,8,11H2,1H3,(H,30,31,32)/t17?,18-/m0/s1. The third-order valence-electron chi connectivity index (χ3n) is 5.32. The molecule has 0 aliphatic heterocycles. The summed E-state index contributed by atoms with van der Waals surface area (Å²) in [5.41, 5.74) is 1.71. The van der Waals surface area contributed by atoms with Crippen molar-refractivity contribution < 1.29 is 13.9 Å². The van der Waals surface area contributed by atoms with Gasteiger partial charge in [-0.2, -0.15) is 5.10 Å². The van der Waals surface area contributed by atoms with Crippen LogP contribution in [0.1, 0.15) is 29.4 Å². The minimum Gasteiger partial charge on any atom is -0.487 e. The molecule has 2 atom stereocenters. The van der Waals surface area contributed by atoms with Crippen molar-refractivity contribution in [1.82, 2.24) is 25.1 Å². The maximum atomic E-state index is 14.3. The molecule has 1 fully saturated rings. The number of halogens is 2. The number of nitrogens with zero attached hydrogens (tertiary/aromatic N) is 5. The molecule has 1 amide bonds. The van der Waals surface area contributed by atoms with Crippen LogP contribution in [0.15, 0.2) is 48.9 Å². The average molecular weight is 465 g/mol. The van der Waals surface area contributed by atoms with Crippen LogP contribution in [0.5, 0.6) is 5.75 Å². The van der Waals surface area contributed by atoms with Crippen molar-refractivity contribution >= 4 is 34.2 Å². The number of hydrogen-bond donors (Lipinski definition) is 1. The van der Waals surface area contributed by atoms with E-state index >= 15 is 0 Å². The number of nitrogens with one attached hydrogen (secondary N) is 1. The summed E-state index contributed by atoms with van der Waals surface area (Å²) in [6, 6.07) is 8.16. The molecule has 5 rings (SSSR count). The molecular formula is C23H18ClFN6O2. The van der Waals surface area contributed by atoms with E-state index in [2.05, 4.69) is 30.5 Å². The Bertz CT molecular complexity index is 1370. The van der Waals surface area contributed by atoms with Crippen LogP contribution in [0.4, 0.5) is 10.2 Å². The van der Waals surface area contributed by atoms with Crippen molar-refractivity contribution in [1.29, 1.82) is 0 Å². The maximum absolute atomic E-state index is 14.3. The molecule has 4 aromatic rings. The van der Waals surface area contributed by atoms with Crippen molar-refractivity contribution in [2.75, 3.05) is 5.32 Å². The summed E-state index contributed by atoms with van der Waals surface area (Å²) in [5.74, 6) is 0.505. The lowest BCUT2D eigenvalue weighted by atomic mass is 10.1. The first kappa shape index (κ1) is 21.1. The fourth-order valence-corrected chi connectivity index (χ4v) is 3.78. The lowest BCUT2D eigenvalue weighted by Crippen LogP contribution is -2.16. The van der Waals surface area contributed by atoms with Crippen molar-refractivity contribution in [3.63, 3.8) is 0 Å². The van der Waals surface area contributed by atoms with Gasteiger partial charge in [-0.1, -0.05) is 11.6 Å². The number of ether oxygens (including phenoxy) is 1. The zero-order chi connectivity index (χ0) is 22.9. The van der Waals surface area contributed by atoms with Crippen molar-refractivity contribution in [3.8, 4) is 5.75 Å². The summed E-state index contributed by atoms with van der Waals surface area (Å²) in [6.45, 7) is 1.98. The number of aromatic nitrogens is 5. The van der Waals surface area contributed by atoms with Gasteiger partial charge in [-0.25, -0.2) is 14.4 Å². The van der Waals surface area contributed by atoms with Crippen LogP contribution in [0.3, 0.4) is 0 Å². The molecule has 0 spiro atoms. The molecule has 33 heavy (non-hydrogen) atoms. The van der Waals surface area contributed by atoms with Gasteiger partial charge in [0.1, 0.15) is 29.5 Å². The Kier molecular flexibility index (Phi) is 5.55. The molecule has 1 unspecified atom stereocenters. The Hall–Kier alpha value is -3.72. The van der Waals surface area contributed by atoms with Crippen LogP contribution in [-0.2, 0) is 11.4 Å². The summed E-state index contributed by atoms with van der Waals surface area (Å²) >= 11 is 5.96. The lowest BCUT2D eigenvalue weighted by molar-refractivity contribution is -0.117. The number of anilines is 1. The molecule has 0 bridgehead atoms. The van der Waals surface area contributed by atoms with E-state index in [9.17, 15) is 9.18 Å². The van der Waals surface area contributed by atoms with Crippen molar-refractivity contribution in [2.45, 2.75) is 25.9 Å². The van der Waals surface area contributed by atoms with E-state index in [0.29, 0.717) is 34.0 Å². The average Bonchev–Trinajstić information content (AvgIpc) is 3.59. The SMILES string of the molecule is Cc1ccnc(C2C[C@@H]2C(=O)Nc2cc(OCc3cc(F)c4ncc(Cl)cc4c3)cnn2)n1. The monoisotopic (exact) mass is 464 g/mol. The third-order valence-corrected chi connectivity index (χ3v) is 5.53. The summed E-state index contributed by atoms with van der Waals surface area (Å²) in [4.78, 5) is 25.3. The van der Waals surface area contributed by atoms with E-state index in [1.165, 1.54) is 18.5 Å². The van der Waals surface area contributed by atoms with Crippen molar-refractivity contribution in [2.24, 2.45) is 5.92 Å². The normalized spacial score (nSPS) is 17.1. The Balaban J connectivity index is 1.23. The highest BCUT2D eigenvalue weighted by atomic mass is 35.5. The Morgan fingerprint density at radius 2 is 2.12 bits per heavy atom. The summed E-state index contributed by atoms with van der Waals surface area (Å²) in [5, 5.41) is 11.6. The molecule has 3 aromatic heterocycles. The molecule has 0 saturated heterocycles. The predicted octanol–water partition coefficient (Wildman–Crippen LogP) is 4.24. The largest absolute Gasteiger partial charge is 0.487 e. The summed E-state index contributed by atoms with van der Waals surface area (Å²) in [6.07, 6.45) is 5.21. The maximum Gasteiger partial charge on any atom is 0.229 e. The molecule has 10 heteroatoms. The second-order valence-corrected chi connectivity index (χ2v) is 8.30. The van der Waals surface area contributed by atoms with E-state index < -0.39 is 5.82 Å². The molecule has 1 aromatic carbocycles. The van der Waals surface area contributed by atoms with Gasteiger partial charge in [-0.15, -0.1) is 5.10 Å². The predicted molar refractivity (Wildman–Crippen MR) is 119 cm³/mol. The molecule has 1 aliphatic carbocycles. The van der Waals surface area contributed by atoms with Gasteiger partial charge >= 0.3 is 0 Å². The van der Waals surface area contributed by atoms with Gasteiger partial charge in [0.25, 0.3) is 0 Å². The molecule has 1 aliphatic rings. The van der Waals surface area contributed by atoms with E-state index in [-0.39, 0.29) is 35.7 Å². The second-order valence-electron chi connectivity index (χ2n) is 7.86. The highest BCUT2D eigenvalue weighted by molar-refractivity contribution is 6.31. The molecule has 1 N–H and O–H groups in total. The van der Waals surface area contributed by atoms with Crippen molar-refractivity contribution in [3.05, 3.63) is 76.8 Å². The lowest BCUT2D eigenvalue weighted by Gasteiger charge is -2.09. The second kappa shape index (κ2) is 8.67.